The number of benzene rings is 1. The van der Waals surface area contributed by atoms with Gasteiger partial charge in [-0.15, -0.1) is 6.58 Å². The topological polar surface area (TPSA) is 64.8 Å². The molecule has 1 amide bonds. The van der Waals surface area contributed by atoms with E-state index in [0.717, 1.165) is 31.4 Å². The molecule has 2 atom stereocenters. The summed E-state index contributed by atoms with van der Waals surface area (Å²) in [6, 6.07) is 3.67. The number of carbonyl (C=O) groups excluding carboxylic acids is 1. The summed E-state index contributed by atoms with van der Waals surface area (Å²) in [6.07, 6.45) is 5.48. The maximum atomic E-state index is 13.1. The molecular formula is C19H28N2O3. The van der Waals surface area contributed by atoms with Gasteiger partial charge in [0.1, 0.15) is 0 Å². The Bertz CT molecular complexity index is 599. The minimum atomic E-state index is -0.0398. The fraction of sp³-hybridized carbons (Fsp3) is 0.526. The van der Waals surface area contributed by atoms with Gasteiger partial charge < -0.3 is 20.1 Å². The molecule has 0 saturated carbocycles. The van der Waals surface area contributed by atoms with Gasteiger partial charge in [0.2, 0.25) is 0 Å². The molecule has 2 rings (SSSR count). The number of carbonyl (C=O) groups is 1. The Morgan fingerprint density at radius 1 is 1.42 bits per heavy atom. The molecule has 2 N–H and O–H groups in total. The summed E-state index contributed by atoms with van der Waals surface area (Å²) in [6.45, 7) is 6.49. The van der Waals surface area contributed by atoms with Crippen LogP contribution in [0.1, 0.15) is 42.1 Å². The Labute approximate surface area is 144 Å². The number of rotatable bonds is 6. The Kier molecular flexibility index (Phi) is 6.26. The zero-order valence-electron chi connectivity index (χ0n) is 14.9. The quantitative estimate of drug-likeness (QED) is 0.814. The van der Waals surface area contributed by atoms with Crippen molar-refractivity contribution >= 4 is 5.91 Å². The van der Waals surface area contributed by atoms with E-state index in [-0.39, 0.29) is 18.0 Å². The van der Waals surface area contributed by atoms with E-state index in [1.54, 1.807) is 26.4 Å². The van der Waals surface area contributed by atoms with Gasteiger partial charge in [-0.1, -0.05) is 6.08 Å². The molecule has 1 aliphatic heterocycles. The highest BCUT2D eigenvalue weighted by atomic mass is 16.5. The Hall–Kier alpha value is -2.01. The number of hydrogen-bond acceptors (Lipinski definition) is 4. The summed E-state index contributed by atoms with van der Waals surface area (Å²) in [5.74, 6) is 1.22. The normalized spacial score (nSPS) is 18.8. The lowest BCUT2D eigenvalue weighted by Gasteiger charge is -2.38. The summed E-state index contributed by atoms with van der Waals surface area (Å²) in [4.78, 5) is 15.0. The molecule has 1 saturated heterocycles. The fourth-order valence-electron chi connectivity index (χ4n) is 3.40. The lowest BCUT2D eigenvalue weighted by Crippen LogP contribution is -2.51. The first-order chi connectivity index (χ1) is 11.5. The van der Waals surface area contributed by atoms with Crippen molar-refractivity contribution in [2.45, 2.75) is 44.7 Å². The molecule has 0 spiro atoms. The van der Waals surface area contributed by atoms with Crippen molar-refractivity contribution in [2.24, 2.45) is 5.73 Å². The molecule has 0 radical (unpaired) electrons. The third-order valence-electron chi connectivity index (χ3n) is 4.58. The fourth-order valence-corrected chi connectivity index (χ4v) is 3.40. The van der Waals surface area contributed by atoms with Crippen LogP contribution in [0.3, 0.4) is 0 Å². The van der Waals surface area contributed by atoms with Gasteiger partial charge in [0.15, 0.2) is 11.5 Å². The van der Waals surface area contributed by atoms with Crippen LogP contribution in [0, 0.1) is 0 Å². The number of amides is 1. The van der Waals surface area contributed by atoms with Crippen molar-refractivity contribution in [3.63, 3.8) is 0 Å². The molecule has 1 fully saturated rings. The Balaban J connectivity index is 2.40. The molecule has 0 aliphatic carbocycles. The van der Waals surface area contributed by atoms with Crippen molar-refractivity contribution in [1.82, 2.24) is 4.90 Å². The van der Waals surface area contributed by atoms with Crippen molar-refractivity contribution in [3.05, 3.63) is 35.9 Å². The van der Waals surface area contributed by atoms with Crippen LogP contribution in [0.2, 0.25) is 0 Å². The zero-order valence-corrected chi connectivity index (χ0v) is 14.9. The molecule has 2 unspecified atom stereocenters. The first kappa shape index (κ1) is 18.3. The molecule has 1 aliphatic rings. The number of nitrogens with two attached hydrogens (primary N) is 1. The average molecular weight is 332 g/mol. The van der Waals surface area contributed by atoms with Crippen LogP contribution in [0.4, 0.5) is 0 Å². The van der Waals surface area contributed by atoms with E-state index in [0.29, 0.717) is 23.5 Å². The van der Waals surface area contributed by atoms with Crippen molar-refractivity contribution in [3.8, 4) is 11.5 Å². The SMILES string of the molecule is C=CCc1cc(C(=O)N2CCCCC2C(C)N)cc(OC)c1OC. The number of likely N-dealkylation sites (tertiary alicyclic amines) is 1. The van der Waals surface area contributed by atoms with Crippen LogP contribution < -0.4 is 15.2 Å². The van der Waals surface area contributed by atoms with Crippen molar-refractivity contribution in [2.75, 3.05) is 20.8 Å². The van der Waals surface area contributed by atoms with Crippen molar-refractivity contribution < 1.29 is 14.3 Å². The minimum absolute atomic E-state index is 0.00302. The van der Waals surface area contributed by atoms with Crippen LogP contribution in [0.5, 0.6) is 11.5 Å². The van der Waals surface area contributed by atoms with Crippen LogP contribution in [-0.2, 0) is 6.42 Å². The number of piperidine rings is 1. The molecule has 1 heterocycles. The number of hydrogen-bond donors (Lipinski definition) is 1. The summed E-state index contributed by atoms with van der Waals surface area (Å²) in [5.41, 5.74) is 7.60. The smallest absolute Gasteiger partial charge is 0.254 e. The van der Waals surface area contributed by atoms with Gasteiger partial charge in [-0.05, 0) is 44.7 Å². The van der Waals surface area contributed by atoms with E-state index in [1.807, 2.05) is 17.9 Å². The predicted molar refractivity (Wildman–Crippen MR) is 95.8 cm³/mol. The van der Waals surface area contributed by atoms with E-state index < -0.39 is 0 Å². The predicted octanol–water partition coefficient (Wildman–Crippen LogP) is 2.77. The van der Waals surface area contributed by atoms with E-state index in [4.69, 9.17) is 15.2 Å². The monoisotopic (exact) mass is 332 g/mol. The zero-order chi connectivity index (χ0) is 17.7. The second-order valence-corrected chi connectivity index (χ2v) is 6.28. The van der Waals surface area contributed by atoms with Gasteiger partial charge in [-0.3, -0.25) is 4.79 Å². The maximum Gasteiger partial charge on any atom is 0.254 e. The summed E-state index contributed by atoms with van der Waals surface area (Å²) >= 11 is 0. The maximum absolute atomic E-state index is 13.1. The highest BCUT2D eigenvalue weighted by Gasteiger charge is 2.30. The molecule has 1 aromatic rings. The van der Waals surface area contributed by atoms with Gasteiger partial charge in [0, 0.05) is 29.8 Å². The number of allylic oxidation sites excluding steroid dienone is 1. The van der Waals surface area contributed by atoms with Gasteiger partial charge >= 0.3 is 0 Å². The van der Waals surface area contributed by atoms with Gasteiger partial charge in [0.05, 0.1) is 14.2 Å². The standard InChI is InChI=1S/C19H28N2O3/c1-5-8-14-11-15(12-17(23-3)18(14)24-4)19(22)21-10-7-6-9-16(21)13(2)20/h5,11-13,16H,1,6-10,20H2,2-4H3. The third kappa shape index (κ3) is 3.73. The summed E-state index contributed by atoms with van der Waals surface area (Å²) in [7, 11) is 3.18. The number of ether oxygens (including phenoxy) is 2. The minimum Gasteiger partial charge on any atom is -0.493 e. The second kappa shape index (κ2) is 8.20. The lowest BCUT2D eigenvalue weighted by molar-refractivity contribution is 0.0583. The molecule has 24 heavy (non-hydrogen) atoms. The van der Waals surface area contributed by atoms with E-state index in [9.17, 15) is 4.79 Å². The highest BCUT2D eigenvalue weighted by Crippen LogP contribution is 2.34. The molecular weight excluding hydrogens is 304 g/mol. The molecule has 5 heteroatoms. The van der Waals surface area contributed by atoms with E-state index >= 15 is 0 Å². The van der Waals surface area contributed by atoms with Gasteiger partial charge in [-0.25, -0.2) is 0 Å². The lowest BCUT2D eigenvalue weighted by atomic mass is 9.95. The Morgan fingerprint density at radius 2 is 2.17 bits per heavy atom. The molecule has 0 aromatic heterocycles. The van der Waals surface area contributed by atoms with Crippen LogP contribution in [-0.4, -0.2) is 43.7 Å². The first-order valence-electron chi connectivity index (χ1n) is 8.45. The number of methoxy groups -OCH3 is 2. The summed E-state index contributed by atoms with van der Waals surface area (Å²) in [5, 5.41) is 0. The highest BCUT2D eigenvalue weighted by molar-refractivity contribution is 5.95. The average Bonchev–Trinajstić information content (AvgIpc) is 2.60. The van der Waals surface area contributed by atoms with Crippen LogP contribution in [0.25, 0.3) is 0 Å². The molecule has 0 bridgehead atoms. The largest absolute Gasteiger partial charge is 0.493 e. The second-order valence-electron chi connectivity index (χ2n) is 6.28. The van der Waals surface area contributed by atoms with E-state index in [2.05, 4.69) is 6.58 Å². The third-order valence-corrected chi connectivity index (χ3v) is 4.58. The van der Waals surface area contributed by atoms with Crippen LogP contribution in [0.15, 0.2) is 24.8 Å². The van der Waals surface area contributed by atoms with Gasteiger partial charge in [-0.2, -0.15) is 0 Å². The molecule has 1 aromatic carbocycles. The molecule has 132 valence electrons. The first-order valence-corrected chi connectivity index (χ1v) is 8.45. The molecule has 5 nitrogen and oxygen atoms in total. The van der Waals surface area contributed by atoms with Crippen LogP contribution >= 0.6 is 0 Å². The Morgan fingerprint density at radius 3 is 2.75 bits per heavy atom. The van der Waals surface area contributed by atoms with Crippen molar-refractivity contribution in [1.29, 1.82) is 0 Å². The summed E-state index contributed by atoms with van der Waals surface area (Å²) < 4.78 is 10.9. The van der Waals surface area contributed by atoms with E-state index in [1.165, 1.54) is 0 Å². The van der Waals surface area contributed by atoms with Gasteiger partial charge in [0.25, 0.3) is 5.91 Å². The number of nitrogens with zero attached hydrogens (tertiary/aromatic N) is 1.